The van der Waals surface area contributed by atoms with Crippen LogP contribution < -0.4 is 15.4 Å². The van der Waals surface area contributed by atoms with Gasteiger partial charge in [-0.3, -0.25) is 0 Å². The predicted octanol–water partition coefficient (Wildman–Crippen LogP) is 1.26. The first kappa shape index (κ1) is 11.2. The van der Waals surface area contributed by atoms with Crippen molar-refractivity contribution in [3.05, 3.63) is 18.3 Å². The summed E-state index contributed by atoms with van der Waals surface area (Å²) in [7, 11) is 1.65. The Bertz CT molecular complexity index is 339. The van der Waals surface area contributed by atoms with Gasteiger partial charge in [-0.25, -0.2) is 4.98 Å². The van der Waals surface area contributed by atoms with E-state index in [-0.39, 0.29) is 0 Å². The van der Waals surface area contributed by atoms with E-state index in [1.165, 1.54) is 0 Å². The lowest BCUT2D eigenvalue weighted by atomic mass is 9.95. The van der Waals surface area contributed by atoms with Crippen molar-refractivity contribution in [3.8, 4) is 5.75 Å². The fourth-order valence-electron chi connectivity index (χ4n) is 2.05. The molecule has 0 aliphatic carbocycles. The summed E-state index contributed by atoms with van der Waals surface area (Å²) in [5.74, 6) is 2.34. The van der Waals surface area contributed by atoms with Crippen LogP contribution in [0.3, 0.4) is 0 Å². The van der Waals surface area contributed by atoms with Crippen molar-refractivity contribution in [2.75, 3.05) is 25.1 Å². The maximum absolute atomic E-state index is 6.00. The Labute approximate surface area is 96.4 Å². The molecule has 0 spiro atoms. The SMILES string of the molecule is COc1ccc(N2CCC(N)C(C)C2)nc1. The highest BCUT2D eigenvalue weighted by molar-refractivity contribution is 5.41. The Morgan fingerprint density at radius 1 is 1.50 bits per heavy atom. The van der Waals surface area contributed by atoms with Gasteiger partial charge in [0.2, 0.25) is 0 Å². The maximum atomic E-state index is 6.00. The first-order chi connectivity index (χ1) is 7.70. The van der Waals surface area contributed by atoms with Crippen molar-refractivity contribution in [2.45, 2.75) is 19.4 Å². The van der Waals surface area contributed by atoms with E-state index in [2.05, 4.69) is 16.8 Å². The Kier molecular flexibility index (Phi) is 3.29. The molecule has 2 atom stereocenters. The molecule has 0 radical (unpaired) electrons. The third-order valence-electron chi connectivity index (χ3n) is 3.25. The summed E-state index contributed by atoms with van der Waals surface area (Å²) in [6, 6.07) is 4.28. The van der Waals surface area contributed by atoms with Crippen LogP contribution in [0.1, 0.15) is 13.3 Å². The monoisotopic (exact) mass is 221 g/mol. The predicted molar refractivity (Wildman–Crippen MR) is 64.8 cm³/mol. The summed E-state index contributed by atoms with van der Waals surface area (Å²) in [6.07, 6.45) is 2.80. The Morgan fingerprint density at radius 2 is 2.31 bits per heavy atom. The van der Waals surface area contributed by atoms with Gasteiger partial charge in [0.05, 0.1) is 13.3 Å². The number of piperidine rings is 1. The number of nitrogens with zero attached hydrogens (tertiary/aromatic N) is 2. The second-order valence-electron chi connectivity index (χ2n) is 4.43. The summed E-state index contributed by atoms with van der Waals surface area (Å²) in [5, 5.41) is 0. The Morgan fingerprint density at radius 3 is 2.88 bits per heavy atom. The van der Waals surface area contributed by atoms with Gasteiger partial charge >= 0.3 is 0 Å². The highest BCUT2D eigenvalue weighted by atomic mass is 16.5. The third kappa shape index (κ3) is 2.27. The van der Waals surface area contributed by atoms with Crippen molar-refractivity contribution in [3.63, 3.8) is 0 Å². The molecule has 2 rings (SSSR count). The van der Waals surface area contributed by atoms with Gasteiger partial charge < -0.3 is 15.4 Å². The van der Waals surface area contributed by atoms with E-state index in [4.69, 9.17) is 10.5 Å². The zero-order valence-corrected chi connectivity index (χ0v) is 9.89. The van der Waals surface area contributed by atoms with Gasteiger partial charge in [0.1, 0.15) is 11.6 Å². The average molecular weight is 221 g/mol. The van der Waals surface area contributed by atoms with Gasteiger partial charge in [-0.05, 0) is 24.5 Å². The number of rotatable bonds is 2. The van der Waals surface area contributed by atoms with Crippen molar-refractivity contribution in [1.82, 2.24) is 4.98 Å². The highest BCUT2D eigenvalue weighted by Crippen LogP contribution is 2.21. The van der Waals surface area contributed by atoms with Crippen molar-refractivity contribution in [1.29, 1.82) is 0 Å². The van der Waals surface area contributed by atoms with Crippen molar-refractivity contribution >= 4 is 5.82 Å². The molecular weight excluding hydrogens is 202 g/mol. The molecule has 0 saturated carbocycles. The fraction of sp³-hybridized carbons (Fsp3) is 0.583. The van der Waals surface area contributed by atoms with Crippen LogP contribution in [0.2, 0.25) is 0 Å². The molecule has 2 N–H and O–H groups in total. The lowest BCUT2D eigenvalue weighted by molar-refractivity contribution is 0.380. The number of hydrogen-bond acceptors (Lipinski definition) is 4. The lowest BCUT2D eigenvalue weighted by Gasteiger charge is -2.35. The van der Waals surface area contributed by atoms with E-state index in [9.17, 15) is 0 Å². The van der Waals surface area contributed by atoms with Crippen molar-refractivity contribution in [2.24, 2.45) is 11.7 Å². The second kappa shape index (κ2) is 4.70. The van der Waals surface area contributed by atoms with Crippen LogP contribution in [0, 0.1) is 5.92 Å². The zero-order chi connectivity index (χ0) is 11.5. The molecule has 0 bridgehead atoms. The average Bonchev–Trinajstić information content (AvgIpc) is 2.33. The smallest absolute Gasteiger partial charge is 0.137 e. The van der Waals surface area contributed by atoms with Gasteiger partial charge in [0, 0.05) is 19.1 Å². The van der Waals surface area contributed by atoms with Gasteiger partial charge in [0.15, 0.2) is 0 Å². The zero-order valence-electron chi connectivity index (χ0n) is 9.89. The Hall–Kier alpha value is -1.29. The van der Waals surface area contributed by atoms with Crippen LogP contribution in [0.25, 0.3) is 0 Å². The quantitative estimate of drug-likeness (QED) is 0.817. The molecule has 1 aromatic heterocycles. The summed E-state index contributed by atoms with van der Waals surface area (Å²) in [5.41, 5.74) is 6.00. The molecule has 4 nitrogen and oxygen atoms in total. The third-order valence-corrected chi connectivity index (χ3v) is 3.25. The molecule has 1 aliphatic heterocycles. The topological polar surface area (TPSA) is 51.4 Å². The molecule has 16 heavy (non-hydrogen) atoms. The second-order valence-corrected chi connectivity index (χ2v) is 4.43. The van der Waals surface area contributed by atoms with E-state index < -0.39 is 0 Å². The lowest BCUT2D eigenvalue weighted by Crippen LogP contribution is -2.46. The summed E-state index contributed by atoms with van der Waals surface area (Å²) in [6.45, 7) is 4.17. The number of hydrogen-bond donors (Lipinski definition) is 1. The van der Waals surface area contributed by atoms with Crippen LogP contribution in [0.5, 0.6) is 5.75 Å². The molecule has 2 heterocycles. The normalized spacial score (nSPS) is 25.6. The first-order valence-electron chi connectivity index (χ1n) is 5.71. The van der Waals surface area contributed by atoms with E-state index in [0.717, 1.165) is 31.1 Å². The number of pyridine rings is 1. The summed E-state index contributed by atoms with van der Waals surface area (Å²) < 4.78 is 5.09. The minimum atomic E-state index is 0.328. The minimum Gasteiger partial charge on any atom is -0.495 e. The van der Waals surface area contributed by atoms with Gasteiger partial charge in [-0.1, -0.05) is 6.92 Å². The molecule has 2 unspecified atom stereocenters. The van der Waals surface area contributed by atoms with Gasteiger partial charge in [0.25, 0.3) is 0 Å². The molecule has 0 aromatic carbocycles. The molecular formula is C12H19N3O. The maximum Gasteiger partial charge on any atom is 0.137 e. The van der Waals surface area contributed by atoms with Crippen LogP contribution in [-0.2, 0) is 0 Å². The highest BCUT2D eigenvalue weighted by Gasteiger charge is 2.23. The van der Waals surface area contributed by atoms with Crippen LogP contribution in [0.15, 0.2) is 18.3 Å². The number of aromatic nitrogens is 1. The largest absolute Gasteiger partial charge is 0.495 e. The molecule has 88 valence electrons. The summed E-state index contributed by atoms with van der Waals surface area (Å²) in [4.78, 5) is 6.68. The number of ether oxygens (including phenoxy) is 1. The van der Waals surface area contributed by atoms with E-state index in [0.29, 0.717) is 12.0 Å². The van der Waals surface area contributed by atoms with Crippen LogP contribution in [0.4, 0.5) is 5.82 Å². The van der Waals surface area contributed by atoms with Gasteiger partial charge in [-0.2, -0.15) is 0 Å². The fourth-order valence-corrected chi connectivity index (χ4v) is 2.05. The van der Waals surface area contributed by atoms with Crippen LogP contribution >= 0.6 is 0 Å². The molecule has 1 aliphatic rings. The van der Waals surface area contributed by atoms with E-state index in [1.54, 1.807) is 13.3 Å². The van der Waals surface area contributed by atoms with E-state index in [1.807, 2.05) is 12.1 Å². The number of methoxy groups -OCH3 is 1. The molecule has 1 fully saturated rings. The summed E-state index contributed by atoms with van der Waals surface area (Å²) >= 11 is 0. The van der Waals surface area contributed by atoms with Crippen molar-refractivity contribution < 1.29 is 4.74 Å². The standard InChI is InChI=1S/C12H19N3O/c1-9-8-15(6-5-11(9)13)12-4-3-10(16-2)7-14-12/h3-4,7,9,11H,5-6,8,13H2,1-2H3. The number of anilines is 1. The molecule has 4 heteroatoms. The number of nitrogens with two attached hydrogens (primary N) is 1. The van der Waals surface area contributed by atoms with E-state index >= 15 is 0 Å². The van der Waals surface area contributed by atoms with Crippen LogP contribution in [-0.4, -0.2) is 31.2 Å². The first-order valence-corrected chi connectivity index (χ1v) is 5.71. The molecule has 1 aromatic rings. The minimum absolute atomic E-state index is 0.328. The Balaban J connectivity index is 2.06. The van der Waals surface area contributed by atoms with Gasteiger partial charge in [-0.15, -0.1) is 0 Å². The molecule has 0 amide bonds. The molecule has 1 saturated heterocycles.